The molecule has 25 heavy (non-hydrogen) atoms. The van der Waals surface area contributed by atoms with Gasteiger partial charge in [-0.1, -0.05) is 42.4 Å². The van der Waals surface area contributed by atoms with Gasteiger partial charge in [-0.15, -0.1) is 0 Å². The maximum absolute atomic E-state index is 5.44. The fourth-order valence-corrected chi connectivity index (χ4v) is 2.76. The third-order valence-electron chi connectivity index (χ3n) is 4.16. The smallest absolute Gasteiger partial charge is 0.158 e. The average molecular weight is 333 g/mol. The molecule has 4 rings (SSSR count). The number of rotatable bonds is 5. The summed E-state index contributed by atoms with van der Waals surface area (Å²) in [6.45, 7) is 4.10. The molecule has 0 bridgehead atoms. The minimum Gasteiger partial charge on any atom is -0.360 e. The van der Waals surface area contributed by atoms with Crippen LogP contribution in [0.4, 0.5) is 5.82 Å². The summed E-state index contributed by atoms with van der Waals surface area (Å²) in [4.78, 5) is 4.69. The van der Waals surface area contributed by atoms with Crippen molar-refractivity contribution in [3.05, 3.63) is 66.2 Å². The number of benzene rings is 1. The van der Waals surface area contributed by atoms with Gasteiger partial charge in [0, 0.05) is 23.8 Å². The lowest BCUT2D eigenvalue weighted by molar-refractivity contribution is 0.368. The van der Waals surface area contributed by atoms with E-state index in [1.807, 2.05) is 55.5 Å². The number of hydrogen-bond donors (Lipinski definition) is 1. The molecule has 4 aromatic rings. The molecule has 3 heterocycles. The Hall–Kier alpha value is -3.15. The Morgan fingerprint density at radius 3 is 2.76 bits per heavy atom. The van der Waals surface area contributed by atoms with Crippen LogP contribution >= 0.6 is 0 Å². The van der Waals surface area contributed by atoms with Gasteiger partial charge in [-0.05, 0) is 13.3 Å². The van der Waals surface area contributed by atoms with Gasteiger partial charge in [0.25, 0.3) is 0 Å². The van der Waals surface area contributed by atoms with Crippen LogP contribution in [0.5, 0.6) is 0 Å². The lowest BCUT2D eigenvalue weighted by Gasteiger charge is -2.14. The van der Waals surface area contributed by atoms with Crippen LogP contribution in [0.15, 0.2) is 59.3 Å². The maximum atomic E-state index is 5.44. The van der Waals surface area contributed by atoms with E-state index in [0.29, 0.717) is 0 Å². The summed E-state index contributed by atoms with van der Waals surface area (Å²) < 4.78 is 7.23. The van der Waals surface area contributed by atoms with Gasteiger partial charge < -0.3 is 9.84 Å². The number of aromatic nitrogens is 4. The molecule has 0 fully saturated rings. The predicted octanol–water partition coefficient (Wildman–Crippen LogP) is 4.12. The van der Waals surface area contributed by atoms with Crippen molar-refractivity contribution in [1.29, 1.82) is 0 Å². The van der Waals surface area contributed by atoms with E-state index < -0.39 is 0 Å². The quantitative estimate of drug-likeness (QED) is 0.595. The summed E-state index contributed by atoms with van der Waals surface area (Å²) in [5, 5.41) is 11.9. The molecule has 6 nitrogen and oxygen atoms in total. The highest BCUT2D eigenvalue weighted by atomic mass is 16.5. The molecule has 3 aromatic heterocycles. The van der Waals surface area contributed by atoms with Gasteiger partial charge in [-0.25, -0.2) is 4.98 Å². The van der Waals surface area contributed by atoms with Crippen molar-refractivity contribution < 1.29 is 4.52 Å². The zero-order valence-corrected chi connectivity index (χ0v) is 14.2. The number of anilines is 1. The number of hydrogen-bond acceptors (Lipinski definition) is 5. The first-order valence-electron chi connectivity index (χ1n) is 8.37. The molecule has 0 aliphatic rings. The Kier molecular flexibility index (Phi) is 3.93. The van der Waals surface area contributed by atoms with Crippen LogP contribution in [0.1, 0.15) is 31.3 Å². The average Bonchev–Trinajstić information content (AvgIpc) is 3.31. The van der Waals surface area contributed by atoms with Crippen molar-refractivity contribution in [2.45, 2.75) is 26.3 Å². The second-order valence-electron chi connectivity index (χ2n) is 5.93. The van der Waals surface area contributed by atoms with Crippen LogP contribution in [0.25, 0.3) is 16.9 Å². The predicted molar refractivity (Wildman–Crippen MR) is 96.3 cm³/mol. The minimum absolute atomic E-state index is 0.0359. The lowest BCUT2D eigenvalue weighted by Crippen LogP contribution is -2.10. The van der Waals surface area contributed by atoms with Crippen molar-refractivity contribution >= 4 is 11.5 Å². The summed E-state index contributed by atoms with van der Waals surface area (Å²) in [6.07, 6.45) is 2.60. The van der Waals surface area contributed by atoms with Crippen LogP contribution < -0.4 is 5.32 Å². The molecular formula is C19H19N5O. The van der Waals surface area contributed by atoms with Gasteiger partial charge in [-0.3, -0.25) is 0 Å². The van der Waals surface area contributed by atoms with Crippen molar-refractivity contribution in [3.63, 3.8) is 0 Å². The van der Waals surface area contributed by atoms with Crippen molar-refractivity contribution in [3.8, 4) is 11.3 Å². The second-order valence-corrected chi connectivity index (χ2v) is 5.93. The van der Waals surface area contributed by atoms with E-state index in [2.05, 4.69) is 27.5 Å². The fourth-order valence-electron chi connectivity index (χ4n) is 2.76. The Labute approximate surface area is 145 Å². The van der Waals surface area contributed by atoms with E-state index in [1.165, 1.54) is 0 Å². The molecule has 1 atom stereocenters. The molecule has 0 saturated heterocycles. The lowest BCUT2D eigenvalue weighted by atomic mass is 10.1. The molecule has 1 N–H and O–H groups in total. The molecule has 0 aliphatic carbocycles. The Morgan fingerprint density at radius 2 is 2.00 bits per heavy atom. The molecule has 6 heteroatoms. The minimum atomic E-state index is -0.0359. The standard InChI is InChI=1S/C19H19N5O/c1-3-15-11-17(25-23-15)13(2)21-19-12-16(14-7-5-4-6-8-14)22-18-9-10-20-24(18)19/h4-13,21H,3H2,1-2H3. The van der Waals surface area contributed by atoms with Gasteiger partial charge in [0.15, 0.2) is 11.4 Å². The van der Waals surface area contributed by atoms with Gasteiger partial charge in [-0.2, -0.15) is 9.61 Å². The van der Waals surface area contributed by atoms with Crippen LogP contribution in [0.3, 0.4) is 0 Å². The Morgan fingerprint density at radius 1 is 1.16 bits per heavy atom. The van der Waals surface area contributed by atoms with E-state index >= 15 is 0 Å². The third kappa shape index (κ3) is 2.98. The first kappa shape index (κ1) is 15.4. The Bertz CT molecular complexity index is 989. The molecule has 0 saturated carbocycles. The molecule has 0 amide bonds. The topological polar surface area (TPSA) is 68.2 Å². The summed E-state index contributed by atoms with van der Waals surface area (Å²) in [5.41, 5.74) is 3.71. The van der Waals surface area contributed by atoms with Gasteiger partial charge >= 0.3 is 0 Å². The highest BCUT2D eigenvalue weighted by Crippen LogP contribution is 2.25. The van der Waals surface area contributed by atoms with Crippen molar-refractivity contribution in [2.24, 2.45) is 0 Å². The molecule has 1 aromatic carbocycles. The van der Waals surface area contributed by atoms with Gasteiger partial charge in [0.05, 0.1) is 23.6 Å². The number of aryl methyl sites for hydroxylation is 1. The van der Waals surface area contributed by atoms with E-state index in [9.17, 15) is 0 Å². The molecule has 126 valence electrons. The van der Waals surface area contributed by atoms with E-state index in [-0.39, 0.29) is 6.04 Å². The number of nitrogens with one attached hydrogen (secondary N) is 1. The normalized spacial score (nSPS) is 12.4. The zero-order valence-electron chi connectivity index (χ0n) is 14.2. The fraction of sp³-hybridized carbons (Fsp3) is 0.211. The van der Waals surface area contributed by atoms with Crippen molar-refractivity contribution in [2.75, 3.05) is 5.32 Å². The SMILES string of the molecule is CCc1cc(C(C)Nc2cc(-c3ccccc3)nc3ccnn23)on1. The first-order chi connectivity index (χ1) is 12.2. The summed E-state index contributed by atoms with van der Waals surface area (Å²) in [5.74, 6) is 1.66. The van der Waals surface area contributed by atoms with Crippen LogP contribution in [-0.4, -0.2) is 19.8 Å². The largest absolute Gasteiger partial charge is 0.360 e. The van der Waals surface area contributed by atoms with E-state index in [1.54, 1.807) is 10.7 Å². The monoisotopic (exact) mass is 333 g/mol. The van der Waals surface area contributed by atoms with Gasteiger partial charge in [0.1, 0.15) is 5.82 Å². The third-order valence-corrected chi connectivity index (χ3v) is 4.16. The first-order valence-corrected chi connectivity index (χ1v) is 8.37. The van der Waals surface area contributed by atoms with Gasteiger partial charge in [0.2, 0.25) is 0 Å². The zero-order chi connectivity index (χ0) is 17.2. The molecule has 0 spiro atoms. The summed E-state index contributed by atoms with van der Waals surface area (Å²) in [7, 11) is 0. The van der Waals surface area contributed by atoms with E-state index in [0.717, 1.165) is 40.6 Å². The molecule has 0 aliphatic heterocycles. The maximum Gasteiger partial charge on any atom is 0.158 e. The van der Waals surface area contributed by atoms with Crippen LogP contribution in [0, 0.1) is 0 Å². The molecule has 1 unspecified atom stereocenters. The van der Waals surface area contributed by atoms with Crippen LogP contribution in [0.2, 0.25) is 0 Å². The number of nitrogens with zero attached hydrogens (tertiary/aromatic N) is 4. The second kappa shape index (κ2) is 6.39. The van der Waals surface area contributed by atoms with Crippen molar-refractivity contribution in [1.82, 2.24) is 19.8 Å². The molecule has 0 radical (unpaired) electrons. The highest BCUT2D eigenvalue weighted by Gasteiger charge is 2.15. The summed E-state index contributed by atoms with van der Waals surface area (Å²) in [6, 6.07) is 16.0. The van der Waals surface area contributed by atoms with E-state index in [4.69, 9.17) is 4.52 Å². The van der Waals surface area contributed by atoms with Crippen LogP contribution in [-0.2, 0) is 6.42 Å². The number of fused-ring (bicyclic) bond motifs is 1. The highest BCUT2D eigenvalue weighted by molar-refractivity contribution is 5.66. The molecular weight excluding hydrogens is 314 g/mol. The summed E-state index contributed by atoms with van der Waals surface area (Å²) >= 11 is 0. The Balaban J connectivity index is 1.71.